The number of phenols is 1. The van der Waals surface area contributed by atoms with Gasteiger partial charge in [-0.1, -0.05) is 36.4 Å². The highest BCUT2D eigenvalue weighted by Crippen LogP contribution is 2.54. The summed E-state index contributed by atoms with van der Waals surface area (Å²) < 4.78 is 5.53. The third-order valence-corrected chi connectivity index (χ3v) is 8.13. The molecule has 0 fully saturated rings. The van der Waals surface area contributed by atoms with E-state index in [2.05, 4.69) is 29.6 Å². The number of methoxy groups -OCH3 is 1. The molecule has 0 amide bonds. The zero-order valence-electron chi connectivity index (χ0n) is 21.4. The number of aromatic carboxylic acids is 1. The summed E-state index contributed by atoms with van der Waals surface area (Å²) in [6.45, 7) is 0. The topological polar surface area (TPSA) is 129 Å². The van der Waals surface area contributed by atoms with Gasteiger partial charge >= 0.3 is 5.97 Å². The van der Waals surface area contributed by atoms with E-state index in [1.165, 1.54) is 18.2 Å². The Labute approximate surface area is 226 Å². The first-order chi connectivity index (χ1) is 18.9. The fraction of sp³-hybridized carbons (Fsp3) is 0.188. The van der Waals surface area contributed by atoms with Crippen molar-refractivity contribution in [3.8, 4) is 22.6 Å². The zero-order chi connectivity index (χ0) is 27.3. The van der Waals surface area contributed by atoms with Gasteiger partial charge in [-0.15, -0.1) is 0 Å². The van der Waals surface area contributed by atoms with Crippen LogP contribution >= 0.6 is 0 Å². The molecule has 0 saturated heterocycles. The SMILES string of the molecule is COc1cc(C2Nc3ccc(C(=N)N)cc3C3c4ccccc4CCC23)c(-c2ccc(C(=O)O)cc2)cc1O. The number of aromatic hydroxyl groups is 1. The Morgan fingerprint density at radius 1 is 0.974 bits per heavy atom. The fourth-order valence-corrected chi connectivity index (χ4v) is 6.29. The molecule has 0 saturated carbocycles. The Bertz CT molecular complexity index is 1610. The number of benzene rings is 4. The van der Waals surface area contributed by atoms with Crippen molar-refractivity contribution in [1.29, 1.82) is 5.41 Å². The van der Waals surface area contributed by atoms with Crippen LogP contribution in [0.15, 0.2) is 78.9 Å². The molecule has 3 unspecified atom stereocenters. The van der Waals surface area contributed by atoms with E-state index in [1.807, 2.05) is 24.3 Å². The van der Waals surface area contributed by atoms with E-state index in [9.17, 15) is 15.0 Å². The summed E-state index contributed by atoms with van der Waals surface area (Å²) in [5.41, 5.74) is 14.0. The van der Waals surface area contributed by atoms with Gasteiger partial charge in [-0.2, -0.15) is 0 Å². The summed E-state index contributed by atoms with van der Waals surface area (Å²) in [7, 11) is 1.53. The van der Waals surface area contributed by atoms with Crippen LogP contribution in [-0.4, -0.2) is 29.1 Å². The van der Waals surface area contributed by atoms with Gasteiger partial charge in [-0.25, -0.2) is 4.79 Å². The van der Waals surface area contributed by atoms with E-state index >= 15 is 0 Å². The van der Waals surface area contributed by atoms with Crippen LogP contribution in [0.1, 0.15) is 56.6 Å². The number of fused-ring (bicyclic) bond motifs is 5. The molecule has 1 aliphatic carbocycles. The summed E-state index contributed by atoms with van der Waals surface area (Å²) in [4.78, 5) is 11.5. The van der Waals surface area contributed by atoms with Gasteiger partial charge in [0, 0.05) is 17.2 Å². The molecule has 6 N–H and O–H groups in total. The molecule has 0 aromatic heterocycles. The van der Waals surface area contributed by atoms with Gasteiger partial charge in [0.25, 0.3) is 0 Å². The number of hydrogen-bond acceptors (Lipinski definition) is 5. The molecule has 4 aromatic carbocycles. The zero-order valence-corrected chi connectivity index (χ0v) is 21.4. The van der Waals surface area contributed by atoms with Gasteiger partial charge in [-0.3, -0.25) is 5.41 Å². The van der Waals surface area contributed by atoms with E-state index in [1.54, 1.807) is 30.3 Å². The lowest BCUT2D eigenvalue weighted by atomic mass is 9.65. The Balaban J connectivity index is 1.55. The van der Waals surface area contributed by atoms with Gasteiger partial charge in [0.1, 0.15) is 5.84 Å². The number of nitrogens with one attached hydrogen (secondary N) is 2. The molecule has 7 nitrogen and oxygen atoms in total. The van der Waals surface area contributed by atoms with Crippen LogP contribution in [0, 0.1) is 11.3 Å². The predicted octanol–water partition coefficient (Wildman–Crippen LogP) is 5.91. The molecular formula is C32H29N3O4. The minimum absolute atomic E-state index is 0.0198. The van der Waals surface area contributed by atoms with Crippen LogP contribution in [0.25, 0.3) is 11.1 Å². The monoisotopic (exact) mass is 519 g/mol. The molecule has 1 heterocycles. The minimum atomic E-state index is -0.987. The third-order valence-electron chi connectivity index (χ3n) is 8.13. The number of hydrogen-bond donors (Lipinski definition) is 5. The first-order valence-corrected chi connectivity index (χ1v) is 12.9. The average molecular weight is 520 g/mol. The Morgan fingerprint density at radius 3 is 2.44 bits per heavy atom. The molecule has 1 aliphatic heterocycles. The number of nitrogen functional groups attached to an aromatic ring is 1. The normalized spacial score (nSPS) is 19.2. The number of carboxylic acid groups (broad SMARTS) is 1. The Morgan fingerprint density at radius 2 is 1.72 bits per heavy atom. The van der Waals surface area contributed by atoms with Crippen LogP contribution in [0.4, 0.5) is 5.69 Å². The van der Waals surface area contributed by atoms with Crippen molar-refractivity contribution in [3.05, 3.63) is 112 Å². The summed E-state index contributed by atoms with van der Waals surface area (Å²) in [5.74, 6) is -0.303. The molecule has 39 heavy (non-hydrogen) atoms. The number of ether oxygens (including phenoxy) is 1. The first kappa shape index (κ1) is 24.6. The largest absolute Gasteiger partial charge is 0.504 e. The third kappa shape index (κ3) is 4.16. The van der Waals surface area contributed by atoms with Crippen LogP contribution in [0.2, 0.25) is 0 Å². The van der Waals surface area contributed by atoms with Crippen molar-refractivity contribution in [1.82, 2.24) is 0 Å². The lowest BCUT2D eigenvalue weighted by Gasteiger charge is -2.45. The van der Waals surface area contributed by atoms with Crippen LogP contribution in [-0.2, 0) is 6.42 Å². The number of carbonyl (C=O) groups is 1. The second-order valence-corrected chi connectivity index (χ2v) is 10.2. The number of carboxylic acids is 1. The lowest BCUT2D eigenvalue weighted by Crippen LogP contribution is -2.36. The molecule has 2 aliphatic rings. The van der Waals surface area contributed by atoms with Crippen LogP contribution in [0.5, 0.6) is 11.5 Å². The van der Waals surface area contributed by atoms with Crippen LogP contribution in [0.3, 0.4) is 0 Å². The van der Waals surface area contributed by atoms with Crippen LogP contribution < -0.4 is 15.8 Å². The van der Waals surface area contributed by atoms with Crippen molar-refractivity contribution in [2.75, 3.05) is 12.4 Å². The molecule has 6 rings (SSSR count). The quantitative estimate of drug-likeness (QED) is 0.165. The summed E-state index contributed by atoms with van der Waals surface area (Å²) in [5, 5.41) is 31.9. The van der Waals surface area contributed by atoms with E-state index in [4.69, 9.17) is 15.9 Å². The van der Waals surface area contributed by atoms with Crippen molar-refractivity contribution in [2.45, 2.75) is 24.8 Å². The second kappa shape index (κ2) is 9.51. The second-order valence-electron chi connectivity index (χ2n) is 10.2. The Hall–Kier alpha value is -4.78. The molecule has 0 spiro atoms. The molecule has 7 heteroatoms. The molecule has 3 atom stereocenters. The molecule has 196 valence electrons. The van der Waals surface area contributed by atoms with Gasteiger partial charge in [0.15, 0.2) is 11.5 Å². The number of anilines is 1. The maximum atomic E-state index is 11.5. The summed E-state index contributed by atoms with van der Waals surface area (Å²) in [6, 6.07) is 24.6. The van der Waals surface area contributed by atoms with Gasteiger partial charge in [0.05, 0.1) is 18.7 Å². The lowest BCUT2D eigenvalue weighted by molar-refractivity contribution is 0.0697. The van der Waals surface area contributed by atoms with Crippen molar-refractivity contribution >= 4 is 17.5 Å². The number of amidine groups is 1. The van der Waals surface area contributed by atoms with Gasteiger partial charge in [0.2, 0.25) is 0 Å². The number of rotatable bonds is 5. The highest BCUT2D eigenvalue weighted by Gasteiger charge is 2.42. The van der Waals surface area contributed by atoms with E-state index in [0.29, 0.717) is 11.3 Å². The Kier molecular flexibility index (Phi) is 5.99. The minimum Gasteiger partial charge on any atom is -0.504 e. The van der Waals surface area contributed by atoms with Gasteiger partial charge in [-0.05, 0) is 94.6 Å². The number of aryl methyl sites for hydroxylation is 1. The van der Waals surface area contributed by atoms with Crippen molar-refractivity contribution in [2.24, 2.45) is 11.7 Å². The number of nitrogens with two attached hydrogens (primary N) is 1. The average Bonchev–Trinajstić information content (AvgIpc) is 2.96. The van der Waals surface area contributed by atoms with E-state index < -0.39 is 5.97 Å². The number of phenolic OH excluding ortho intramolecular Hbond substituents is 1. The molecular weight excluding hydrogens is 490 g/mol. The van der Waals surface area contributed by atoms with Gasteiger partial charge < -0.3 is 26.0 Å². The maximum absolute atomic E-state index is 11.5. The summed E-state index contributed by atoms with van der Waals surface area (Å²) in [6.07, 6.45) is 1.87. The maximum Gasteiger partial charge on any atom is 0.335 e. The molecule has 0 radical (unpaired) electrons. The smallest absolute Gasteiger partial charge is 0.335 e. The van der Waals surface area contributed by atoms with Crippen molar-refractivity contribution < 1.29 is 19.7 Å². The highest BCUT2D eigenvalue weighted by molar-refractivity contribution is 5.96. The van der Waals surface area contributed by atoms with E-state index in [0.717, 1.165) is 40.8 Å². The predicted molar refractivity (Wildman–Crippen MR) is 151 cm³/mol. The highest BCUT2D eigenvalue weighted by atomic mass is 16.5. The summed E-state index contributed by atoms with van der Waals surface area (Å²) >= 11 is 0. The standard InChI is InChI=1S/C32H29N3O4/c1-39-28-16-24(23(15-27(28)36)18-6-8-19(9-7-18)32(37)38)30-22-12-10-17-4-2-3-5-21(17)29(22)25-14-20(31(33)34)11-13-26(25)35-30/h2-9,11,13-16,22,29-30,35-36H,10,12H2,1H3,(H3,33,34)(H,37,38). The first-order valence-electron chi connectivity index (χ1n) is 12.9. The molecule has 4 aromatic rings. The molecule has 0 bridgehead atoms. The fourth-order valence-electron chi connectivity index (χ4n) is 6.29. The van der Waals surface area contributed by atoms with Crippen molar-refractivity contribution in [3.63, 3.8) is 0 Å². The van der Waals surface area contributed by atoms with E-state index in [-0.39, 0.29) is 35.0 Å².